The van der Waals surface area contributed by atoms with Crippen LogP contribution < -0.4 is 9.64 Å². The fourth-order valence-electron chi connectivity index (χ4n) is 4.83. The van der Waals surface area contributed by atoms with E-state index >= 15 is 0 Å². The summed E-state index contributed by atoms with van der Waals surface area (Å²) in [5.74, 6) is 2.69. The molecule has 0 bridgehead atoms. The van der Waals surface area contributed by atoms with Crippen molar-refractivity contribution in [3.05, 3.63) is 71.1 Å². The molecule has 196 valence electrons. The Morgan fingerprint density at radius 1 is 1.18 bits per heavy atom. The third-order valence-corrected chi connectivity index (χ3v) is 7.17. The number of fused-ring (bicyclic) bond motifs is 1. The third kappa shape index (κ3) is 4.92. The zero-order valence-electron chi connectivity index (χ0n) is 21.3. The minimum Gasteiger partial charge on any atom is -0.473 e. The molecule has 0 amide bonds. The van der Waals surface area contributed by atoms with E-state index in [1.54, 1.807) is 18.2 Å². The first kappa shape index (κ1) is 24.3. The van der Waals surface area contributed by atoms with E-state index in [-0.39, 0.29) is 18.3 Å². The maximum atomic E-state index is 14.2. The van der Waals surface area contributed by atoms with Crippen molar-refractivity contribution in [2.75, 3.05) is 37.7 Å². The van der Waals surface area contributed by atoms with Gasteiger partial charge in [0.2, 0.25) is 11.7 Å². The average molecular weight is 517 g/mol. The Kier molecular flexibility index (Phi) is 6.66. The number of rotatable bonds is 8. The quantitative estimate of drug-likeness (QED) is 0.353. The highest BCUT2D eigenvalue weighted by Gasteiger charge is 2.25. The number of benzene rings is 1. The number of ether oxygens (including phenoxy) is 2. The highest BCUT2D eigenvalue weighted by molar-refractivity contribution is 5.41. The summed E-state index contributed by atoms with van der Waals surface area (Å²) in [6.45, 7) is 7.80. The predicted molar refractivity (Wildman–Crippen MR) is 137 cm³/mol. The fourth-order valence-corrected chi connectivity index (χ4v) is 4.83. The van der Waals surface area contributed by atoms with Crippen molar-refractivity contribution in [3.63, 3.8) is 0 Å². The van der Waals surface area contributed by atoms with Gasteiger partial charge in [0.25, 0.3) is 0 Å². The number of anilines is 1. The van der Waals surface area contributed by atoms with Gasteiger partial charge in [-0.1, -0.05) is 12.1 Å². The molecule has 1 unspecified atom stereocenters. The van der Waals surface area contributed by atoms with Crippen LogP contribution in [0.25, 0.3) is 5.78 Å². The standard InChI is InChI=1S/C27H29FN8O2/c1-19-15-30-27-35(16-22-7-12-37-22)25(32-36(19)27)17-33-8-10-34(11-9-33)24-3-2-4-26(31-24)38-18-21-6-5-20(14-29)13-23(21)28/h2-6,13,15,22H,7-12,16-18H2,1H3. The van der Waals surface area contributed by atoms with E-state index in [0.717, 1.165) is 75.4 Å². The Labute approximate surface area is 219 Å². The molecule has 1 atom stereocenters. The molecule has 0 radical (unpaired) electrons. The second-order valence-electron chi connectivity index (χ2n) is 9.72. The summed E-state index contributed by atoms with van der Waals surface area (Å²) in [5.41, 5.74) is 1.69. The van der Waals surface area contributed by atoms with Crippen LogP contribution in [0.5, 0.6) is 5.88 Å². The van der Waals surface area contributed by atoms with Gasteiger partial charge in [0, 0.05) is 44.4 Å². The van der Waals surface area contributed by atoms with Crippen LogP contribution in [0.2, 0.25) is 0 Å². The summed E-state index contributed by atoms with van der Waals surface area (Å²) in [5, 5.41) is 13.8. The molecule has 5 heterocycles. The fraction of sp³-hybridized carbons (Fsp3) is 0.407. The molecule has 11 heteroatoms. The van der Waals surface area contributed by atoms with E-state index < -0.39 is 5.82 Å². The summed E-state index contributed by atoms with van der Waals surface area (Å²) in [6.07, 6.45) is 3.16. The van der Waals surface area contributed by atoms with Crippen LogP contribution in [0, 0.1) is 24.1 Å². The van der Waals surface area contributed by atoms with Gasteiger partial charge < -0.3 is 14.4 Å². The van der Waals surface area contributed by atoms with Crippen LogP contribution in [0.15, 0.2) is 42.6 Å². The second kappa shape index (κ2) is 10.4. The summed E-state index contributed by atoms with van der Waals surface area (Å²) >= 11 is 0. The Balaban J connectivity index is 1.07. The highest BCUT2D eigenvalue weighted by atomic mass is 19.1. The molecule has 1 aromatic carbocycles. The summed E-state index contributed by atoms with van der Waals surface area (Å²) in [4.78, 5) is 13.9. The van der Waals surface area contributed by atoms with Crippen molar-refractivity contribution in [1.82, 2.24) is 29.0 Å². The lowest BCUT2D eigenvalue weighted by Gasteiger charge is -2.35. The van der Waals surface area contributed by atoms with Crippen LogP contribution in [0.3, 0.4) is 0 Å². The van der Waals surface area contributed by atoms with Gasteiger partial charge in [-0.15, -0.1) is 0 Å². The predicted octanol–water partition coefficient (Wildman–Crippen LogP) is 2.94. The van der Waals surface area contributed by atoms with Crippen LogP contribution in [-0.4, -0.2) is 67.9 Å². The number of hydrogen-bond donors (Lipinski definition) is 0. The van der Waals surface area contributed by atoms with Crippen LogP contribution in [-0.2, 0) is 24.4 Å². The van der Waals surface area contributed by atoms with Gasteiger partial charge in [-0.25, -0.2) is 13.9 Å². The molecule has 2 aliphatic heterocycles. The second-order valence-corrected chi connectivity index (χ2v) is 9.72. The van der Waals surface area contributed by atoms with E-state index in [0.29, 0.717) is 11.4 Å². The van der Waals surface area contributed by atoms with E-state index in [9.17, 15) is 4.39 Å². The molecule has 3 aromatic heterocycles. The van der Waals surface area contributed by atoms with Gasteiger partial charge in [0.15, 0.2) is 0 Å². The molecule has 38 heavy (non-hydrogen) atoms. The minimum atomic E-state index is -0.458. The Hall–Kier alpha value is -4.01. The van der Waals surface area contributed by atoms with Crippen LogP contribution in [0.4, 0.5) is 10.2 Å². The number of piperazine rings is 1. The van der Waals surface area contributed by atoms with Crippen LogP contribution >= 0.6 is 0 Å². The normalized spacial score (nSPS) is 17.9. The molecular formula is C27H29FN8O2. The molecule has 2 fully saturated rings. The molecule has 2 saturated heterocycles. The van der Waals surface area contributed by atoms with Crippen molar-refractivity contribution in [1.29, 1.82) is 5.26 Å². The largest absolute Gasteiger partial charge is 0.473 e. The molecule has 0 N–H and O–H groups in total. The molecular weight excluding hydrogens is 487 g/mol. The van der Waals surface area contributed by atoms with Gasteiger partial charge >= 0.3 is 0 Å². The summed E-state index contributed by atoms with van der Waals surface area (Å²) in [6, 6.07) is 11.9. The minimum absolute atomic E-state index is 0.0449. The monoisotopic (exact) mass is 516 g/mol. The molecule has 4 aromatic rings. The summed E-state index contributed by atoms with van der Waals surface area (Å²) < 4.78 is 29.8. The molecule has 10 nitrogen and oxygen atoms in total. The SMILES string of the molecule is Cc1cnc2n(CC3CCO3)c(CN3CCN(c4cccc(OCc5ccc(C#N)cc5F)n4)CC3)nn12. The van der Waals surface area contributed by atoms with Gasteiger partial charge in [-0.2, -0.15) is 15.3 Å². The van der Waals surface area contributed by atoms with Gasteiger partial charge in [-0.3, -0.25) is 9.47 Å². The van der Waals surface area contributed by atoms with Crippen molar-refractivity contribution >= 4 is 11.6 Å². The molecule has 0 aliphatic carbocycles. The number of aryl methyl sites for hydroxylation is 1. The smallest absolute Gasteiger partial charge is 0.232 e. The first-order valence-corrected chi connectivity index (χ1v) is 12.8. The number of pyridine rings is 1. The number of imidazole rings is 1. The lowest BCUT2D eigenvalue weighted by atomic mass is 10.1. The van der Waals surface area contributed by atoms with Crippen LogP contribution in [0.1, 0.15) is 29.1 Å². The molecule has 0 spiro atoms. The first-order valence-electron chi connectivity index (χ1n) is 12.8. The lowest BCUT2D eigenvalue weighted by molar-refractivity contribution is -0.0593. The maximum absolute atomic E-state index is 14.2. The van der Waals surface area contributed by atoms with Gasteiger partial charge in [0.05, 0.1) is 42.7 Å². The Morgan fingerprint density at radius 2 is 2.03 bits per heavy atom. The average Bonchev–Trinajstić information content (AvgIpc) is 3.44. The topological polar surface area (TPSA) is 96.7 Å². The summed E-state index contributed by atoms with van der Waals surface area (Å²) in [7, 11) is 0. The number of hydrogen-bond acceptors (Lipinski definition) is 8. The lowest BCUT2D eigenvalue weighted by Crippen LogP contribution is -2.46. The molecule has 6 rings (SSSR count). The number of nitriles is 1. The van der Waals surface area contributed by atoms with Crippen molar-refractivity contribution in [2.45, 2.75) is 39.1 Å². The molecule has 0 saturated carbocycles. The van der Waals surface area contributed by atoms with E-state index in [1.807, 2.05) is 35.8 Å². The zero-order chi connectivity index (χ0) is 26.1. The maximum Gasteiger partial charge on any atom is 0.232 e. The number of aromatic nitrogens is 5. The first-order chi connectivity index (χ1) is 18.6. The Bertz CT molecular complexity index is 1480. The number of nitrogens with zero attached hydrogens (tertiary/aromatic N) is 8. The molecule has 2 aliphatic rings. The highest BCUT2D eigenvalue weighted by Crippen LogP contribution is 2.22. The van der Waals surface area contributed by atoms with Crippen molar-refractivity contribution in [2.24, 2.45) is 0 Å². The van der Waals surface area contributed by atoms with E-state index in [4.69, 9.17) is 19.8 Å². The van der Waals surface area contributed by atoms with Gasteiger partial charge in [-0.05, 0) is 31.5 Å². The zero-order valence-corrected chi connectivity index (χ0v) is 21.3. The van der Waals surface area contributed by atoms with Crippen molar-refractivity contribution < 1.29 is 13.9 Å². The third-order valence-electron chi connectivity index (χ3n) is 7.17. The Morgan fingerprint density at radius 3 is 2.76 bits per heavy atom. The van der Waals surface area contributed by atoms with Gasteiger partial charge in [0.1, 0.15) is 24.1 Å². The number of halogens is 1. The van der Waals surface area contributed by atoms with E-state index in [1.165, 1.54) is 6.07 Å². The van der Waals surface area contributed by atoms with E-state index in [2.05, 4.69) is 24.3 Å². The van der Waals surface area contributed by atoms with Crippen molar-refractivity contribution in [3.8, 4) is 11.9 Å².